The van der Waals surface area contributed by atoms with E-state index in [4.69, 9.17) is 11.5 Å². The molecule has 1 aromatic carbocycles. The van der Waals surface area contributed by atoms with E-state index in [9.17, 15) is 9.59 Å². The number of benzene rings is 1. The lowest BCUT2D eigenvalue weighted by atomic mass is 10.1. The van der Waals surface area contributed by atoms with Crippen LogP contribution in [0.4, 0.5) is 5.69 Å². The summed E-state index contributed by atoms with van der Waals surface area (Å²) in [6.45, 7) is 0.0763. The molecule has 1 heterocycles. The number of H-pyrrole nitrogens is 1. The second-order valence-corrected chi connectivity index (χ2v) is 3.94. The molecular formula is C12H14N4O2. The van der Waals surface area contributed by atoms with Gasteiger partial charge in [0.1, 0.15) is 0 Å². The highest BCUT2D eigenvalue weighted by Crippen LogP contribution is 2.18. The third kappa shape index (κ3) is 2.49. The number of aromatic nitrogens is 1. The van der Waals surface area contributed by atoms with Crippen LogP contribution in [0.5, 0.6) is 0 Å². The number of aromatic amines is 1. The van der Waals surface area contributed by atoms with Crippen molar-refractivity contribution in [2.24, 2.45) is 5.73 Å². The number of amides is 1. The molecule has 18 heavy (non-hydrogen) atoms. The maximum atomic E-state index is 11.5. The van der Waals surface area contributed by atoms with Crippen molar-refractivity contribution in [3.63, 3.8) is 0 Å². The van der Waals surface area contributed by atoms with E-state index in [1.807, 2.05) is 0 Å². The van der Waals surface area contributed by atoms with E-state index in [0.29, 0.717) is 16.8 Å². The van der Waals surface area contributed by atoms with Crippen LogP contribution in [0.25, 0.3) is 10.9 Å². The van der Waals surface area contributed by atoms with E-state index in [0.717, 1.165) is 5.39 Å². The fraction of sp³-hybridized carbons (Fsp3) is 0.167. The van der Waals surface area contributed by atoms with E-state index in [2.05, 4.69) is 10.3 Å². The van der Waals surface area contributed by atoms with Gasteiger partial charge in [0, 0.05) is 17.1 Å². The van der Waals surface area contributed by atoms with E-state index in [1.54, 1.807) is 18.2 Å². The molecule has 6 nitrogen and oxygen atoms in total. The average Bonchev–Trinajstić information content (AvgIpc) is 2.28. The summed E-state index contributed by atoms with van der Waals surface area (Å²) >= 11 is 0. The van der Waals surface area contributed by atoms with Gasteiger partial charge in [-0.1, -0.05) is 6.07 Å². The molecule has 0 spiro atoms. The van der Waals surface area contributed by atoms with Crippen LogP contribution in [0.15, 0.2) is 29.1 Å². The molecule has 0 unspecified atom stereocenters. The highest BCUT2D eigenvalue weighted by molar-refractivity contribution is 5.89. The molecule has 2 aromatic rings. The number of nitrogens with two attached hydrogens (primary N) is 2. The predicted octanol–water partition coefficient (Wildman–Crippen LogP) is -0.315. The first-order valence-electron chi connectivity index (χ1n) is 5.48. The Morgan fingerprint density at radius 1 is 1.33 bits per heavy atom. The maximum absolute atomic E-state index is 11.5. The molecule has 0 bridgehead atoms. The van der Waals surface area contributed by atoms with Gasteiger partial charge in [-0.15, -0.1) is 0 Å². The highest BCUT2D eigenvalue weighted by atomic mass is 16.1. The van der Waals surface area contributed by atoms with Crippen molar-refractivity contribution < 1.29 is 4.79 Å². The molecule has 0 radical (unpaired) electrons. The molecule has 0 aliphatic heterocycles. The van der Waals surface area contributed by atoms with Gasteiger partial charge < -0.3 is 21.8 Å². The van der Waals surface area contributed by atoms with Crippen LogP contribution < -0.4 is 22.3 Å². The number of carbonyl (C=O) groups excluding carboxylic acids is 1. The number of fused-ring (bicyclic) bond motifs is 1. The van der Waals surface area contributed by atoms with Crippen molar-refractivity contribution in [1.29, 1.82) is 0 Å². The number of pyridine rings is 1. The largest absolute Gasteiger partial charge is 0.399 e. The summed E-state index contributed by atoms with van der Waals surface area (Å²) in [5, 5.41) is 3.29. The van der Waals surface area contributed by atoms with Crippen molar-refractivity contribution in [2.75, 3.05) is 12.4 Å². The summed E-state index contributed by atoms with van der Waals surface area (Å²) in [4.78, 5) is 25.7. The predicted molar refractivity (Wildman–Crippen MR) is 69.9 cm³/mol. The first kappa shape index (κ1) is 12.1. The molecule has 6 heteroatoms. The van der Waals surface area contributed by atoms with Crippen LogP contribution in [0.1, 0.15) is 5.56 Å². The summed E-state index contributed by atoms with van der Waals surface area (Å²) in [6, 6.07) is 6.59. The van der Waals surface area contributed by atoms with Gasteiger partial charge in [-0.05, 0) is 17.7 Å². The van der Waals surface area contributed by atoms with E-state index in [1.165, 1.54) is 6.07 Å². The first-order chi connectivity index (χ1) is 8.60. The molecule has 0 atom stereocenters. The van der Waals surface area contributed by atoms with Gasteiger partial charge >= 0.3 is 0 Å². The van der Waals surface area contributed by atoms with Crippen molar-refractivity contribution in [2.45, 2.75) is 6.42 Å². The van der Waals surface area contributed by atoms with Crippen molar-refractivity contribution in [1.82, 2.24) is 10.3 Å². The Morgan fingerprint density at radius 2 is 2.11 bits per heavy atom. The zero-order valence-electron chi connectivity index (χ0n) is 9.69. The van der Waals surface area contributed by atoms with Gasteiger partial charge in [0.05, 0.1) is 18.6 Å². The molecule has 0 fully saturated rings. The highest BCUT2D eigenvalue weighted by Gasteiger charge is 2.08. The Kier molecular flexibility index (Phi) is 3.29. The van der Waals surface area contributed by atoms with Crippen LogP contribution in [0, 0.1) is 0 Å². The summed E-state index contributed by atoms with van der Waals surface area (Å²) in [5.74, 6) is -0.221. The number of hydrogen-bond donors (Lipinski definition) is 4. The third-order valence-electron chi connectivity index (χ3n) is 2.60. The Hall–Kier alpha value is -2.34. The molecule has 0 aliphatic carbocycles. The quantitative estimate of drug-likeness (QED) is 0.439. The lowest BCUT2D eigenvalue weighted by molar-refractivity contribution is -0.120. The van der Waals surface area contributed by atoms with Crippen LogP contribution in [-0.2, 0) is 11.2 Å². The lowest BCUT2D eigenvalue weighted by Crippen LogP contribution is -2.30. The minimum atomic E-state index is -0.261. The van der Waals surface area contributed by atoms with Crippen LogP contribution in [-0.4, -0.2) is 17.6 Å². The molecule has 6 N–H and O–H groups in total. The summed E-state index contributed by atoms with van der Waals surface area (Å²) < 4.78 is 0. The topological polar surface area (TPSA) is 114 Å². The number of hydrogen-bond acceptors (Lipinski definition) is 4. The van der Waals surface area contributed by atoms with Crippen molar-refractivity contribution in [3.05, 3.63) is 40.2 Å². The second-order valence-electron chi connectivity index (χ2n) is 3.94. The van der Waals surface area contributed by atoms with Crippen LogP contribution in [0.2, 0.25) is 0 Å². The molecule has 0 saturated heterocycles. The molecular weight excluding hydrogens is 232 g/mol. The third-order valence-corrected chi connectivity index (χ3v) is 2.60. The number of rotatable bonds is 3. The molecule has 1 aromatic heterocycles. The SMILES string of the molecule is NCNC(=O)Cc1cc(=O)[nH]c2cc(N)ccc12. The molecule has 1 amide bonds. The Labute approximate surface area is 103 Å². The Bertz CT molecular complexity index is 648. The van der Waals surface area contributed by atoms with E-state index < -0.39 is 0 Å². The molecule has 94 valence electrons. The number of anilines is 1. The van der Waals surface area contributed by atoms with Gasteiger partial charge in [-0.25, -0.2) is 0 Å². The van der Waals surface area contributed by atoms with Crippen molar-refractivity contribution >= 4 is 22.5 Å². The number of nitrogens with one attached hydrogen (secondary N) is 2. The molecule has 0 aliphatic rings. The van der Waals surface area contributed by atoms with Gasteiger partial charge in [0.25, 0.3) is 0 Å². The minimum Gasteiger partial charge on any atom is -0.399 e. The number of carbonyl (C=O) groups is 1. The summed E-state index contributed by atoms with van der Waals surface area (Å²) in [5.41, 5.74) is 12.5. The van der Waals surface area contributed by atoms with Crippen LogP contribution >= 0.6 is 0 Å². The summed E-state index contributed by atoms with van der Waals surface area (Å²) in [6.07, 6.45) is 0.113. The fourth-order valence-corrected chi connectivity index (χ4v) is 1.85. The van der Waals surface area contributed by atoms with E-state index in [-0.39, 0.29) is 24.6 Å². The second kappa shape index (κ2) is 4.89. The average molecular weight is 246 g/mol. The van der Waals surface area contributed by atoms with Gasteiger partial charge in [-0.2, -0.15) is 0 Å². The van der Waals surface area contributed by atoms with Gasteiger partial charge in [-0.3, -0.25) is 9.59 Å². The first-order valence-corrected chi connectivity index (χ1v) is 5.48. The maximum Gasteiger partial charge on any atom is 0.248 e. The number of nitrogen functional groups attached to an aromatic ring is 1. The Morgan fingerprint density at radius 3 is 2.83 bits per heavy atom. The van der Waals surface area contributed by atoms with Gasteiger partial charge in [0.15, 0.2) is 0 Å². The monoisotopic (exact) mass is 246 g/mol. The summed E-state index contributed by atoms with van der Waals surface area (Å²) in [7, 11) is 0. The Balaban J connectivity index is 2.49. The molecule has 0 saturated carbocycles. The van der Waals surface area contributed by atoms with E-state index >= 15 is 0 Å². The smallest absolute Gasteiger partial charge is 0.248 e. The van der Waals surface area contributed by atoms with Crippen LogP contribution in [0.3, 0.4) is 0 Å². The van der Waals surface area contributed by atoms with Crippen molar-refractivity contribution in [3.8, 4) is 0 Å². The molecule has 2 rings (SSSR count). The normalized spacial score (nSPS) is 10.5. The lowest BCUT2D eigenvalue weighted by Gasteiger charge is -2.07. The standard InChI is InChI=1S/C12H14N4O2/c13-6-15-11(17)3-7-4-12(18)16-10-5-8(14)1-2-9(7)10/h1-2,4-5H,3,6,13-14H2,(H,15,17)(H,16,18). The zero-order valence-corrected chi connectivity index (χ0v) is 9.69. The minimum absolute atomic E-state index is 0.0763. The zero-order chi connectivity index (χ0) is 13.1. The fourth-order valence-electron chi connectivity index (χ4n) is 1.85. The van der Waals surface area contributed by atoms with Gasteiger partial charge in [0.2, 0.25) is 11.5 Å².